The van der Waals surface area contributed by atoms with Crippen molar-refractivity contribution in [2.75, 3.05) is 11.9 Å². The van der Waals surface area contributed by atoms with E-state index < -0.39 is 0 Å². The van der Waals surface area contributed by atoms with Crippen LogP contribution in [0.25, 0.3) is 10.9 Å². The van der Waals surface area contributed by atoms with Gasteiger partial charge >= 0.3 is 6.03 Å². The molecule has 3 amide bonds. The lowest BCUT2D eigenvalue weighted by Crippen LogP contribution is -2.36. The number of thiazole rings is 1. The maximum atomic E-state index is 12.9. The SMILES string of the molecule is O=C(Nc1nc2c(s1)CN(C(=O)Cc1c[nH]c3ccccc13)CC2)NC1CCCC1. The molecule has 0 spiro atoms. The topological polar surface area (TPSA) is 90.1 Å². The van der Waals surface area contributed by atoms with E-state index in [1.165, 1.54) is 24.2 Å². The molecule has 3 heterocycles. The summed E-state index contributed by atoms with van der Waals surface area (Å²) in [5.41, 5.74) is 3.07. The van der Waals surface area contributed by atoms with Crippen LogP contribution in [-0.2, 0) is 24.2 Å². The molecule has 0 atom stereocenters. The highest BCUT2D eigenvalue weighted by atomic mass is 32.1. The number of rotatable bonds is 4. The number of amides is 3. The molecular weight excluding hydrogens is 398 g/mol. The van der Waals surface area contributed by atoms with Crippen LogP contribution in [0.3, 0.4) is 0 Å². The van der Waals surface area contributed by atoms with Gasteiger partial charge < -0.3 is 15.2 Å². The van der Waals surface area contributed by atoms with Gasteiger partial charge in [-0.3, -0.25) is 10.1 Å². The van der Waals surface area contributed by atoms with E-state index in [4.69, 9.17) is 0 Å². The minimum Gasteiger partial charge on any atom is -0.361 e. The lowest BCUT2D eigenvalue weighted by atomic mass is 10.1. The van der Waals surface area contributed by atoms with Crippen LogP contribution in [0, 0.1) is 0 Å². The number of aromatic amines is 1. The summed E-state index contributed by atoms with van der Waals surface area (Å²) in [5.74, 6) is 0.118. The van der Waals surface area contributed by atoms with Crippen molar-refractivity contribution in [2.24, 2.45) is 0 Å². The average Bonchev–Trinajstić information content (AvgIpc) is 3.47. The molecule has 0 saturated heterocycles. The van der Waals surface area contributed by atoms with Crippen molar-refractivity contribution >= 4 is 39.3 Å². The summed E-state index contributed by atoms with van der Waals surface area (Å²) < 4.78 is 0. The summed E-state index contributed by atoms with van der Waals surface area (Å²) in [6, 6.07) is 8.13. The van der Waals surface area contributed by atoms with Gasteiger partial charge in [0.25, 0.3) is 0 Å². The number of carbonyl (C=O) groups is 2. The van der Waals surface area contributed by atoms with Crippen LogP contribution >= 0.6 is 11.3 Å². The molecule has 3 aromatic rings. The number of carbonyl (C=O) groups excluding carboxylic acids is 2. The summed E-state index contributed by atoms with van der Waals surface area (Å²) in [4.78, 5) is 35.9. The van der Waals surface area contributed by atoms with Gasteiger partial charge in [0.2, 0.25) is 5.91 Å². The average molecular weight is 424 g/mol. The summed E-state index contributed by atoms with van der Waals surface area (Å²) in [7, 11) is 0. The van der Waals surface area contributed by atoms with Crippen LogP contribution in [-0.4, -0.2) is 39.4 Å². The van der Waals surface area contributed by atoms with Crippen molar-refractivity contribution in [1.82, 2.24) is 20.2 Å². The molecule has 30 heavy (non-hydrogen) atoms. The molecule has 1 aliphatic heterocycles. The molecule has 1 fully saturated rings. The van der Waals surface area contributed by atoms with Gasteiger partial charge in [0.1, 0.15) is 0 Å². The highest BCUT2D eigenvalue weighted by Gasteiger charge is 2.25. The fourth-order valence-electron chi connectivity index (χ4n) is 4.40. The molecule has 3 N–H and O–H groups in total. The van der Waals surface area contributed by atoms with Crippen LogP contribution < -0.4 is 10.6 Å². The minimum absolute atomic E-state index is 0.118. The van der Waals surface area contributed by atoms with Crippen molar-refractivity contribution in [1.29, 1.82) is 0 Å². The number of fused-ring (bicyclic) bond motifs is 2. The van der Waals surface area contributed by atoms with Crippen molar-refractivity contribution in [3.05, 3.63) is 46.6 Å². The number of hydrogen-bond donors (Lipinski definition) is 3. The van der Waals surface area contributed by atoms with Crippen molar-refractivity contribution < 1.29 is 9.59 Å². The lowest BCUT2D eigenvalue weighted by Gasteiger charge is -2.26. The number of nitrogens with zero attached hydrogens (tertiary/aromatic N) is 2. The maximum Gasteiger partial charge on any atom is 0.321 e. The summed E-state index contributed by atoms with van der Waals surface area (Å²) >= 11 is 1.47. The Bertz CT molecular complexity index is 1080. The van der Waals surface area contributed by atoms with Crippen LogP contribution in [0.2, 0.25) is 0 Å². The Morgan fingerprint density at radius 3 is 2.93 bits per heavy atom. The number of nitrogens with one attached hydrogen (secondary N) is 3. The first-order chi connectivity index (χ1) is 14.7. The van der Waals surface area contributed by atoms with E-state index in [9.17, 15) is 9.59 Å². The first-order valence-electron chi connectivity index (χ1n) is 10.5. The van der Waals surface area contributed by atoms with Crippen LogP contribution in [0.15, 0.2) is 30.5 Å². The van der Waals surface area contributed by atoms with E-state index in [1.807, 2.05) is 35.4 Å². The maximum absolute atomic E-state index is 12.9. The summed E-state index contributed by atoms with van der Waals surface area (Å²) in [6.07, 6.45) is 7.49. The van der Waals surface area contributed by atoms with Gasteiger partial charge in [-0.1, -0.05) is 42.4 Å². The number of urea groups is 1. The molecule has 2 aromatic heterocycles. The highest BCUT2D eigenvalue weighted by Crippen LogP contribution is 2.29. The Kier molecular flexibility index (Phi) is 5.16. The molecule has 5 rings (SSSR count). The number of hydrogen-bond acceptors (Lipinski definition) is 4. The molecule has 7 nitrogen and oxygen atoms in total. The molecule has 2 aliphatic rings. The van der Waals surface area contributed by atoms with Gasteiger partial charge in [-0.15, -0.1) is 0 Å². The predicted octanol–water partition coefficient (Wildman–Crippen LogP) is 3.82. The normalized spacial score (nSPS) is 16.6. The van der Waals surface area contributed by atoms with Crippen molar-refractivity contribution in [3.8, 4) is 0 Å². The van der Waals surface area contributed by atoms with Gasteiger partial charge in [-0.2, -0.15) is 0 Å². The monoisotopic (exact) mass is 423 g/mol. The quantitative estimate of drug-likeness (QED) is 0.596. The Labute approximate surface area is 178 Å². The van der Waals surface area contributed by atoms with Crippen LogP contribution in [0.4, 0.5) is 9.93 Å². The highest BCUT2D eigenvalue weighted by molar-refractivity contribution is 7.15. The van der Waals surface area contributed by atoms with E-state index in [1.54, 1.807) is 0 Å². The van der Waals surface area contributed by atoms with E-state index in [0.717, 1.165) is 46.3 Å². The second kappa shape index (κ2) is 8.10. The molecule has 0 unspecified atom stereocenters. The standard InChI is InChI=1S/C22H25N5O2S/c28-20(11-14-12-23-17-8-4-3-7-16(14)17)27-10-9-18-19(13-27)30-22(25-18)26-21(29)24-15-5-1-2-6-15/h3-4,7-8,12,15,23H,1-2,5-6,9-11,13H2,(H2,24,25,26,29). The molecule has 0 radical (unpaired) electrons. The number of H-pyrrole nitrogens is 1. The van der Waals surface area contributed by atoms with Crippen LogP contribution in [0.5, 0.6) is 0 Å². The molecule has 8 heteroatoms. The first kappa shape index (κ1) is 19.1. The van der Waals surface area contributed by atoms with Gasteiger partial charge in [-0.05, 0) is 24.5 Å². The summed E-state index contributed by atoms with van der Waals surface area (Å²) in [6.45, 7) is 1.21. The zero-order valence-electron chi connectivity index (χ0n) is 16.7. The smallest absolute Gasteiger partial charge is 0.321 e. The third kappa shape index (κ3) is 3.92. The van der Waals surface area contributed by atoms with E-state index in [-0.39, 0.29) is 18.0 Å². The molecule has 1 aromatic carbocycles. The first-order valence-corrected chi connectivity index (χ1v) is 11.4. The zero-order valence-corrected chi connectivity index (χ0v) is 17.6. The Hall–Kier alpha value is -2.87. The molecule has 156 valence electrons. The third-order valence-corrected chi connectivity index (χ3v) is 7.01. The van der Waals surface area contributed by atoms with Crippen molar-refractivity contribution in [2.45, 2.75) is 51.1 Å². The van der Waals surface area contributed by atoms with Crippen LogP contribution in [0.1, 0.15) is 41.8 Å². The van der Waals surface area contributed by atoms with E-state index in [0.29, 0.717) is 24.6 Å². The predicted molar refractivity (Wildman–Crippen MR) is 118 cm³/mol. The molecule has 1 saturated carbocycles. The van der Waals surface area contributed by atoms with E-state index in [2.05, 4.69) is 20.6 Å². The van der Waals surface area contributed by atoms with Gasteiger partial charge in [0.05, 0.1) is 18.7 Å². The minimum atomic E-state index is -0.180. The number of para-hydroxylation sites is 1. The number of benzene rings is 1. The fourth-order valence-corrected chi connectivity index (χ4v) is 5.42. The Balaban J connectivity index is 1.21. The largest absolute Gasteiger partial charge is 0.361 e. The molecular formula is C22H25N5O2S. The fraction of sp³-hybridized carbons (Fsp3) is 0.409. The number of anilines is 1. The molecule has 0 bridgehead atoms. The van der Waals surface area contributed by atoms with Crippen molar-refractivity contribution in [3.63, 3.8) is 0 Å². The van der Waals surface area contributed by atoms with Gasteiger partial charge in [0, 0.05) is 41.0 Å². The Morgan fingerprint density at radius 2 is 2.07 bits per heavy atom. The van der Waals surface area contributed by atoms with Gasteiger partial charge in [-0.25, -0.2) is 9.78 Å². The summed E-state index contributed by atoms with van der Waals surface area (Å²) in [5, 5.41) is 7.61. The van der Waals surface area contributed by atoms with Gasteiger partial charge in [0.15, 0.2) is 5.13 Å². The second-order valence-electron chi connectivity index (χ2n) is 8.07. The lowest BCUT2D eigenvalue weighted by molar-refractivity contribution is -0.131. The Morgan fingerprint density at radius 1 is 1.23 bits per heavy atom. The van der Waals surface area contributed by atoms with E-state index >= 15 is 0 Å². The second-order valence-corrected chi connectivity index (χ2v) is 9.15. The molecule has 1 aliphatic carbocycles. The third-order valence-electron chi connectivity index (χ3n) is 6.01. The number of aromatic nitrogens is 2. The zero-order chi connectivity index (χ0) is 20.5.